The van der Waals surface area contributed by atoms with Crippen LogP contribution in [0.2, 0.25) is 0 Å². The maximum absolute atomic E-state index is 12.2. The number of carbonyl (C=O) groups is 1. The van der Waals surface area contributed by atoms with Crippen LogP contribution in [-0.4, -0.2) is 27.3 Å². The molecule has 0 fully saturated rings. The first-order chi connectivity index (χ1) is 13.8. The van der Waals surface area contributed by atoms with Crippen molar-refractivity contribution in [2.24, 2.45) is 0 Å². The van der Waals surface area contributed by atoms with Crippen molar-refractivity contribution in [1.29, 1.82) is 0 Å². The predicted molar refractivity (Wildman–Crippen MR) is 105 cm³/mol. The number of hydrogen-bond donors (Lipinski definition) is 0. The molecule has 6 nitrogen and oxygen atoms in total. The van der Waals surface area contributed by atoms with Gasteiger partial charge in [-0.3, -0.25) is 4.79 Å². The number of benzene rings is 2. The summed E-state index contributed by atoms with van der Waals surface area (Å²) in [4.78, 5) is 12.2. The molecule has 2 aromatic carbocycles. The highest BCUT2D eigenvalue weighted by Crippen LogP contribution is 2.31. The zero-order valence-corrected chi connectivity index (χ0v) is 15.9. The maximum atomic E-state index is 12.2. The Morgan fingerprint density at radius 3 is 2.64 bits per heavy atom. The van der Waals surface area contributed by atoms with E-state index in [4.69, 9.17) is 9.47 Å². The third-order valence-corrected chi connectivity index (χ3v) is 4.90. The highest BCUT2D eigenvalue weighted by atomic mass is 16.5. The first-order valence-electron chi connectivity index (χ1n) is 9.63. The van der Waals surface area contributed by atoms with Crippen LogP contribution in [0.25, 0.3) is 11.4 Å². The molecular weight excluding hydrogens is 354 g/mol. The first kappa shape index (κ1) is 18.2. The van der Waals surface area contributed by atoms with Crippen LogP contribution in [0, 0.1) is 0 Å². The molecule has 6 heteroatoms. The highest BCUT2D eigenvalue weighted by molar-refractivity contribution is 5.77. The third-order valence-electron chi connectivity index (χ3n) is 4.90. The van der Waals surface area contributed by atoms with Gasteiger partial charge in [0, 0.05) is 12.1 Å². The van der Waals surface area contributed by atoms with Gasteiger partial charge in [0.15, 0.2) is 5.82 Å². The van der Waals surface area contributed by atoms with Crippen LogP contribution in [0.3, 0.4) is 0 Å². The normalized spacial score (nSPS) is 15.7. The maximum Gasteiger partial charge on any atom is 0.316 e. The molecule has 144 valence electrons. The predicted octanol–water partition coefficient (Wildman–Crippen LogP) is 3.96. The molecule has 28 heavy (non-hydrogen) atoms. The summed E-state index contributed by atoms with van der Waals surface area (Å²) in [5, 5.41) is 8.65. The molecule has 3 aromatic rings. The second-order valence-corrected chi connectivity index (χ2v) is 6.78. The summed E-state index contributed by atoms with van der Waals surface area (Å²) in [5.74, 6) is 1.73. The van der Waals surface area contributed by atoms with E-state index in [1.807, 2.05) is 66.1 Å². The van der Waals surface area contributed by atoms with Crippen LogP contribution in [-0.2, 0) is 22.7 Å². The molecular formula is C22H23N3O3. The van der Waals surface area contributed by atoms with E-state index in [0.717, 1.165) is 42.1 Å². The van der Waals surface area contributed by atoms with Gasteiger partial charge in [-0.25, -0.2) is 0 Å². The molecule has 0 amide bonds. The number of ether oxygens (including phenoxy) is 2. The quantitative estimate of drug-likeness (QED) is 0.608. The number of hydrogen-bond acceptors (Lipinski definition) is 5. The minimum absolute atomic E-state index is 0.216. The van der Waals surface area contributed by atoms with E-state index in [1.54, 1.807) is 0 Å². The second kappa shape index (κ2) is 8.25. The third kappa shape index (κ3) is 3.76. The number of nitrogens with zero attached hydrogens (tertiary/aromatic N) is 3. The molecule has 0 aliphatic carbocycles. The molecule has 0 saturated carbocycles. The summed E-state index contributed by atoms with van der Waals surface area (Å²) in [6, 6.07) is 17.9. The monoisotopic (exact) mass is 377 g/mol. The number of aromatic nitrogens is 3. The van der Waals surface area contributed by atoms with Gasteiger partial charge in [-0.1, -0.05) is 30.3 Å². The van der Waals surface area contributed by atoms with Gasteiger partial charge in [0.05, 0.1) is 6.61 Å². The fourth-order valence-corrected chi connectivity index (χ4v) is 3.50. The molecule has 0 radical (unpaired) electrons. The molecule has 2 heterocycles. The van der Waals surface area contributed by atoms with E-state index in [2.05, 4.69) is 10.2 Å². The smallest absolute Gasteiger partial charge is 0.316 e. The van der Waals surface area contributed by atoms with E-state index < -0.39 is 0 Å². The Labute approximate surface area is 164 Å². The van der Waals surface area contributed by atoms with Crippen molar-refractivity contribution in [2.75, 3.05) is 6.61 Å². The molecule has 1 aromatic heterocycles. The summed E-state index contributed by atoms with van der Waals surface area (Å²) in [5.41, 5.74) is 2.08. The largest absolute Gasteiger partial charge is 0.489 e. The molecule has 0 bridgehead atoms. The van der Waals surface area contributed by atoms with Crippen LogP contribution in [0.4, 0.5) is 0 Å². The van der Waals surface area contributed by atoms with Gasteiger partial charge in [0.2, 0.25) is 0 Å². The van der Waals surface area contributed by atoms with Crippen molar-refractivity contribution >= 4 is 5.97 Å². The Hall–Kier alpha value is -3.15. The van der Waals surface area contributed by atoms with E-state index >= 15 is 0 Å². The van der Waals surface area contributed by atoms with Crippen molar-refractivity contribution < 1.29 is 14.3 Å². The lowest BCUT2D eigenvalue weighted by molar-refractivity contribution is -0.145. The molecule has 1 unspecified atom stereocenters. The highest BCUT2D eigenvalue weighted by Gasteiger charge is 2.32. The summed E-state index contributed by atoms with van der Waals surface area (Å²) < 4.78 is 13.1. The fraction of sp³-hybridized carbons (Fsp3) is 0.318. The summed E-state index contributed by atoms with van der Waals surface area (Å²) in [6.07, 6.45) is 1.66. The molecule has 4 rings (SSSR count). The van der Waals surface area contributed by atoms with Crippen molar-refractivity contribution in [2.45, 2.75) is 38.8 Å². The fourth-order valence-electron chi connectivity index (χ4n) is 3.50. The Morgan fingerprint density at radius 2 is 1.89 bits per heavy atom. The Bertz CT molecular complexity index is 935. The van der Waals surface area contributed by atoms with Crippen molar-refractivity contribution in [3.05, 3.63) is 66.0 Å². The van der Waals surface area contributed by atoms with Gasteiger partial charge in [0.25, 0.3) is 0 Å². The van der Waals surface area contributed by atoms with E-state index in [-0.39, 0.29) is 11.9 Å². The SMILES string of the molecule is CCOC(=O)C1CCCn2c(-c3ccc(OCc4ccccc4)cc3)nnc21. The molecule has 0 saturated heterocycles. The molecule has 0 N–H and O–H groups in total. The van der Waals surface area contributed by atoms with Gasteiger partial charge in [-0.05, 0) is 49.6 Å². The summed E-state index contributed by atoms with van der Waals surface area (Å²) >= 11 is 0. The van der Waals surface area contributed by atoms with E-state index in [9.17, 15) is 4.79 Å². The standard InChI is InChI=1S/C22H23N3O3/c1-2-27-22(26)19-9-6-14-25-20(23-24-21(19)25)17-10-12-18(13-11-17)28-15-16-7-4-3-5-8-16/h3-5,7-8,10-13,19H,2,6,9,14-15H2,1H3. The van der Waals surface area contributed by atoms with Gasteiger partial charge < -0.3 is 14.0 Å². The zero-order chi connectivity index (χ0) is 19.3. The Morgan fingerprint density at radius 1 is 1.11 bits per heavy atom. The van der Waals surface area contributed by atoms with Gasteiger partial charge in [-0.2, -0.15) is 0 Å². The molecule has 0 spiro atoms. The number of rotatable bonds is 6. The average Bonchev–Trinajstić information content (AvgIpc) is 3.18. The van der Waals surface area contributed by atoms with Crippen molar-refractivity contribution in [3.63, 3.8) is 0 Å². The first-order valence-corrected chi connectivity index (χ1v) is 9.63. The lowest BCUT2D eigenvalue weighted by Crippen LogP contribution is -2.24. The van der Waals surface area contributed by atoms with E-state index in [0.29, 0.717) is 19.0 Å². The number of fused-ring (bicyclic) bond motifs is 1. The Kier molecular flexibility index (Phi) is 5.37. The van der Waals surface area contributed by atoms with Crippen LogP contribution < -0.4 is 4.74 Å². The number of carbonyl (C=O) groups excluding carboxylic acids is 1. The number of esters is 1. The van der Waals surface area contributed by atoms with Crippen molar-refractivity contribution in [3.8, 4) is 17.1 Å². The average molecular weight is 377 g/mol. The van der Waals surface area contributed by atoms with E-state index in [1.165, 1.54) is 0 Å². The Balaban J connectivity index is 1.50. The van der Waals surface area contributed by atoms with Crippen molar-refractivity contribution in [1.82, 2.24) is 14.8 Å². The summed E-state index contributed by atoms with van der Waals surface area (Å²) in [6.45, 7) is 3.53. The topological polar surface area (TPSA) is 66.2 Å². The van der Waals surface area contributed by atoms with Crippen LogP contribution >= 0.6 is 0 Å². The lowest BCUT2D eigenvalue weighted by atomic mass is 9.99. The minimum atomic E-state index is -0.330. The van der Waals surface area contributed by atoms with Crippen LogP contribution in [0.1, 0.15) is 37.1 Å². The second-order valence-electron chi connectivity index (χ2n) is 6.78. The summed E-state index contributed by atoms with van der Waals surface area (Å²) in [7, 11) is 0. The van der Waals surface area contributed by atoms with Crippen LogP contribution in [0.15, 0.2) is 54.6 Å². The van der Waals surface area contributed by atoms with Gasteiger partial charge in [-0.15, -0.1) is 10.2 Å². The zero-order valence-electron chi connectivity index (χ0n) is 15.9. The van der Waals surface area contributed by atoms with Gasteiger partial charge >= 0.3 is 5.97 Å². The van der Waals surface area contributed by atoms with Crippen LogP contribution in [0.5, 0.6) is 5.75 Å². The lowest BCUT2D eigenvalue weighted by Gasteiger charge is -2.22. The molecule has 1 aliphatic heterocycles. The molecule has 1 atom stereocenters. The van der Waals surface area contributed by atoms with Gasteiger partial charge in [0.1, 0.15) is 24.1 Å². The minimum Gasteiger partial charge on any atom is -0.489 e. The molecule has 1 aliphatic rings.